The van der Waals surface area contributed by atoms with Crippen LogP contribution in [0.5, 0.6) is 0 Å². The van der Waals surface area contributed by atoms with Gasteiger partial charge in [-0.3, -0.25) is 0 Å². The highest BCUT2D eigenvalue weighted by Gasteiger charge is 2.19. The lowest BCUT2D eigenvalue weighted by atomic mass is 10.2. The van der Waals surface area contributed by atoms with Crippen molar-refractivity contribution in [2.45, 2.75) is 35.6 Å². The Labute approximate surface area is 149 Å². The van der Waals surface area contributed by atoms with Crippen LogP contribution in [0.3, 0.4) is 0 Å². The molecule has 1 atom stereocenters. The van der Waals surface area contributed by atoms with Crippen molar-refractivity contribution in [1.82, 2.24) is 9.44 Å². The molecule has 6 nitrogen and oxygen atoms in total. The summed E-state index contributed by atoms with van der Waals surface area (Å²) in [5.41, 5.74) is 0. The molecular formula is C17H22N2O4S2. The van der Waals surface area contributed by atoms with Gasteiger partial charge in [-0.15, -0.1) is 0 Å². The molecule has 0 radical (unpaired) electrons. The van der Waals surface area contributed by atoms with Gasteiger partial charge in [0.2, 0.25) is 20.0 Å². The molecular weight excluding hydrogens is 360 g/mol. The minimum atomic E-state index is -3.62. The highest BCUT2D eigenvalue weighted by molar-refractivity contribution is 7.89. The smallest absolute Gasteiger partial charge is 0.211 e. The highest BCUT2D eigenvalue weighted by Crippen LogP contribution is 2.11. The van der Waals surface area contributed by atoms with E-state index in [2.05, 4.69) is 9.44 Å². The largest absolute Gasteiger partial charge is 0.240 e. The second kappa shape index (κ2) is 8.57. The molecule has 2 N–H and O–H groups in total. The van der Waals surface area contributed by atoms with Gasteiger partial charge in [0.25, 0.3) is 0 Å². The fraction of sp³-hybridized carbons (Fsp3) is 0.294. The summed E-state index contributed by atoms with van der Waals surface area (Å²) in [6.07, 6.45) is 0.910. The number of hydrogen-bond acceptors (Lipinski definition) is 4. The van der Waals surface area contributed by atoms with Gasteiger partial charge in [0, 0.05) is 12.6 Å². The first-order valence-corrected chi connectivity index (χ1v) is 10.9. The van der Waals surface area contributed by atoms with Gasteiger partial charge >= 0.3 is 0 Å². The van der Waals surface area contributed by atoms with Crippen LogP contribution in [0, 0.1) is 0 Å². The first kappa shape index (κ1) is 19.6. The van der Waals surface area contributed by atoms with Crippen LogP contribution in [-0.4, -0.2) is 29.4 Å². The van der Waals surface area contributed by atoms with Crippen LogP contribution < -0.4 is 9.44 Å². The molecule has 2 aromatic rings. The van der Waals surface area contributed by atoms with Crippen LogP contribution in [0.1, 0.15) is 19.8 Å². The summed E-state index contributed by atoms with van der Waals surface area (Å²) in [6.45, 7) is 2.00. The van der Waals surface area contributed by atoms with Crippen molar-refractivity contribution < 1.29 is 16.8 Å². The average Bonchev–Trinajstić information content (AvgIpc) is 2.62. The Hall–Kier alpha value is -1.74. The van der Waals surface area contributed by atoms with Crippen LogP contribution >= 0.6 is 0 Å². The predicted octanol–water partition coefficient (Wildman–Crippen LogP) is 2.11. The van der Waals surface area contributed by atoms with E-state index in [1.807, 2.05) is 6.92 Å². The first-order valence-electron chi connectivity index (χ1n) is 7.97. The lowest BCUT2D eigenvalue weighted by Crippen LogP contribution is -2.37. The van der Waals surface area contributed by atoms with E-state index >= 15 is 0 Å². The monoisotopic (exact) mass is 382 g/mol. The quantitative estimate of drug-likeness (QED) is 0.695. The van der Waals surface area contributed by atoms with E-state index in [1.54, 1.807) is 36.4 Å². The highest BCUT2D eigenvalue weighted by atomic mass is 32.2. The molecule has 0 heterocycles. The third-order valence-electron chi connectivity index (χ3n) is 3.71. The molecule has 0 fully saturated rings. The summed E-state index contributed by atoms with van der Waals surface area (Å²) in [5.74, 6) is 0. The lowest BCUT2D eigenvalue weighted by Gasteiger charge is -2.17. The molecule has 0 aliphatic carbocycles. The summed E-state index contributed by atoms with van der Waals surface area (Å²) < 4.78 is 54.1. The van der Waals surface area contributed by atoms with Gasteiger partial charge in [0.1, 0.15) is 0 Å². The van der Waals surface area contributed by atoms with Gasteiger partial charge in [-0.2, -0.15) is 0 Å². The van der Waals surface area contributed by atoms with E-state index in [4.69, 9.17) is 0 Å². The third-order valence-corrected chi connectivity index (χ3v) is 6.72. The van der Waals surface area contributed by atoms with E-state index in [0.717, 1.165) is 0 Å². The number of sulfonamides is 2. The van der Waals surface area contributed by atoms with E-state index in [-0.39, 0.29) is 22.4 Å². The third kappa shape index (κ3) is 5.64. The van der Waals surface area contributed by atoms with Gasteiger partial charge in [-0.1, -0.05) is 43.3 Å². The van der Waals surface area contributed by atoms with E-state index in [1.165, 1.54) is 24.3 Å². The number of nitrogens with one attached hydrogen (secondary N) is 2. The first-order chi connectivity index (χ1) is 11.8. The molecule has 2 rings (SSSR count). The molecule has 0 spiro atoms. The fourth-order valence-electron chi connectivity index (χ4n) is 2.28. The second-order valence-electron chi connectivity index (χ2n) is 5.54. The Morgan fingerprint density at radius 2 is 1.28 bits per heavy atom. The van der Waals surface area contributed by atoms with Crippen LogP contribution in [-0.2, 0) is 20.0 Å². The Bertz CT molecular complexity index is 867. The van der Waals surface area contributed by atoms with Gasteiger partial charge in [-0.05, 0) is 37.1 Å². The lowest BCUT2D eigenvalue weighted by molar-refractivity contribution is 0.511. The molecule has 0 aliphatic rings. The predicted molar refractivity (Wildman–Crippen MR) is 97.1 cm³/mol. The molecule has 8 heteroatoms. The molecule has 0 aromatic heterocycles. The maximum absolute atomic E-state index is 12.3. The van der Waals surface area contributed by atoms with Gasteiger partial charge in [0.05, 0.1) is 9.79 Å². The van der Waals surface area contributed by atoms with Crippen LogP contribution in [0.15, 0.2) is 70.5 Å². The van der Waals surface area contributed by atoms with Gasteiger partial charge in [-0.25, -0.2) is 26.3 Å². The molecule has 0 bridgehead atoms. The van der Waals surface area contributed by atoms with E-state index in [0.29, 0.717) is 12.8 Å². The van der Waals surface area contributed by atoms with Crippen molar-refractivity contribution in [2.24, 2.45) is 0 Å². The van der Waals surface area contributed by atoms with E-state index < -0.39 is 20.0 Å². The van der Waals surface area contributed by atoms with E-state index in [9.17, 15) is 16.8 Å². The Morgan fingerprint density at radius 1 is 0.800 bits per heavy atom. The Balaban J connectivity index is 1.95. The van der Waals surface area contributed by atoms with Crippen molar-refractivity contribution in [2.75, 3.05) is 6.54 Å². The summed E-state index contributed by atoms with van der Waals surface area (Å²) in [5, 5.41) is 0. The van der Waals surface area contributed by atoms with Crippen LogP contribution in [0.4, 0.5) is 0 Å². The van der Waals surface area contributed by atoms with Crippen LogP contribution in [0.2, 0.25) is 0 Å². The molecule has 2 aromatic carbocycles. The maximum atomic E-state index is 12.3. The molecule has 0 aliphatic heterocycles. The van der Waals surface area contributed by atoms with Gasteiger partial charge < -0.3 is 0 Å². The average molecular weight is 383 g/mol. The summed E-state index contributed by atoms with van der Waals surface area (Å²) in [4.78, 5) is 0.381. The zero-order valence-electron chi connectivity index (χ0n) is 13.9. The molecule has 0 amide bonds. The minimum absolute atomic E-state index is 0.146. The SMILES string of the molecule is CCC(CCNS(=O)(=O)c1ccccc1)NS(=O)(=O)c1ccccc1. The summed E-state index contributed by atoms with van der Waals surface area (Å²) in [6, 6.07) is 15.8. The molecule has 0 saturated heterocycles. The van der Waals surface area contributed by atoms with Crippen molar-refractivity contribution in [3.8, 4) is 0 Å². The van der Waals surface area contributed by atoms with Gasteiger partial charge in [0.15, 0.2) is 0 Å². The van der Waals surface area contributed by atoms with Crippen molar-refractivity contribution in [3.63, 3.8) is 0 Å². The zero-order chi connectivity index (χ0) is 18.3. The summed E-state index contributed by atoms with van der Waals surface area (Å²) in [7, 11) is -7.20. The standard InChI is InChI=1S/C17H22N2O4S2/c1-2-15(19-25(22,23)17-11-7-4-8-12-17)13-14-18-24(20,21)16-9-5-3-6-10-16/h3-12,15,18-19H,2,13-14H2,1H3. The number of benzene rings is 2. The maximum Gasteiger partial charge on any atom is 0.240 e. The minimum Gasteiger partial charge on any atom is -0.211 e. The number of hydrogen-bond donors (Lipinski definition) is 2. The molecule has 0 saturated carbocycles. The fourth-order valence-corrected chi connectivity index (χ4v) is 4.73. The second-order valence-corrected chi connectivity index (χ2v) is 9.02. The van der Waals surface area contributed by atoms with Crippen molar-refractivity contribution in [3.05, 3.63) is 60.7 Å². The number of rotatable bonds is 9. The Morgan fingerprint density at radius 3 is 1.76 bits per heavy atom. The normalized spacial score (nSPS) is 13.5. The van der Waals surface area contributed by atoms with Crippen LogP contribution in [0.25, 0.3) is 0 Å². The van der Waals surface area contributed by atoms with Crippen molar-refractivity contribution in [1.29, 1.82) is 0 Å². The molecule has 25 heavy (non-hydrogen) atoms. The molecule has 1 unspecified atom stereocenters. The topological polar surface area (TPSA) is 92.3 Å². The zero-order valence-corrected chi connectivity index (χ0v) is 15.6. The Kier molecular flexibility index (Phi) is 6.71. The summed E-state index contributed by atoms with van der Waals surface area (Å²) >= 11 is 0. The van der Waals surface area contributed by atoms with Crippen molar-refractivity contribution >= 4 is 20.0 Å². The molecule has 136 valence electrons.